The minimum absolute atomic E-state index is 0.00280. The van der Waals surface area contributed by atoms with Gasteiger partial charge in [0.15, 0.2) is 0 Å². The highest BCUT2D eigenvalue weighted by atomic mass is 16.5. The van der Waals surface area contributed by atoms with E-state index in [9.17, 15) is 4.79 Å². The summed E-state index contributed by atoms with van der Waals surface area (Å²) in [6.07, 6.45) is 7.49. The molecule has 0 amide bonds. The number of unbranched alkanes of at least 4 members (excludes halogenated alkanes) is 2. The summed E-state index contributed by atoms with van der Waals surface area (Å²) in [5, 5.41) is 0. The van der Waals surface area contributed by atoms with Gasteiger partial charge >= 0.3 is 5.97 Å². The lowest BCUT2D eigenvalue weighted by molar-refractivity contribution is -0.145. The average molecular weight is 226 g/mol. The van der Waals surface area contributed by atoms with Crippen molar-refractivity contribution in [2.45, 2.75) is 65.7 Å². The van der Waals surface area contributed by atoms with Gasteiger partial charge in [0, 0.05) is 11.8 Å². The first kappa shape index (κ1) is 13.5. The van der Waals surface area contributed by atoms with Crippen molar-refractivity contribution in [3.63, 3.8) is 0 Å². The second-order valence-corrected chi connectivity index (χ2v) is 5.14. The zero-order valence-corrected chi connectivity index (χ0v) is 11.1. The van der Waals surface area contributed by atoms with Gasteiger partial charge in [-0.2, -0.15) is 0 Å². The molecule has 0 N–H and O–H groups in total. The van der Waals surface area contributed by atoms with Gasteiger partial charge in [0.2, 0.25) is 0 Å². The van der Waals surface area contributed by atoms with Crippen molar-refractivity contribution in [1.29, 1.82) is 0 Å². The molecule has 2 nitrogen and oxygen atoms in total. The molecule has 0 aromatic rings. The number of hydrogen-bond donors (Lipinski definition) is 0. The Hall–Kier alpha value is -0.530. The lowest BCUT2D eigenvalue weighted by Crippen LogP contribution is -2.16. The quantitative estimate of drug-likeness (QED) is 0.463. The molecule has 1 aliphatic carbocycles. The summed E-state index contributed by atoms with van der Waals surface area (Å²) < 4.78 is 5.40. The Morgan fingerprint density at radius 1 is 1.31 bits per heavy atom. The molecule has 1 aliphatic rings. The van der Waals surface area contributed by atoms with Gasteiger partial charge in [0.05, 0.1) is 6.61 Å². The molecule has 2 heteroatoms. The van der Waals surface area contributed by atoms with Gasteiger partial charge in [0.25, 0.3) is 0 Å². The van der Waals surface area contributed by atoms with E-state index in [1.807, 2.05) is 0 Å². The van der Waals surface area contributed by atoms with Crippen molar-refractivity contribution in [2.24, 2.45) is 11.3 Å². The minimum Gasteiger partial charge on any atom is -0.465 e. The molecule has 0 saturated heterocycles. The molecule has 16 heavy (non-hydrogen) atoms. The van der Waals surface area contributed by atoms with E-state index in [-0.39, 0.29) is 5.97 Å². The Bertz CT molecular complexity index is 225. The van der Waals surface area contributed by atoms with E-state index < -0.39 is 0 Å². The fourth-order valence-corrected chi connectivity index (χ4v) is 2.54. The largest absolute Gasteiger partial charge is 0.465 e. The third-order valence-electron chi connectivity index (χ3n) is 4.06. The minimum atomic E-state index is 0.00280. The van der Waals surface area contributed by atoms with E-state index in [1.54, 1.807) is 0 Å². The van der Waals surface area contributed by atoms with Crippen molar-refractivity contribution >= 4 is 5.97 Å². The lowest BCUT2D eigenvalue weighted by Gasteiger charge is -2.15. The summed E-state index contributed by atoms with van der Waals surface area (Å²) in [6.45, 7) is 7.24. The highest BCUT2D eigenvalue weighted by molar-refractivity contribution is 5.69. The van der Waals surface area contributed by atoms with Crippen LogP contribution in [0.15, 0.2) is 0 Å². The zero-order chi connectivity index (χ0) is 12.0. The highest BCUT2D eigenvalue weighted by Gasteiger charge is 2.51. The molecule has 94 valence electrons. The monoisotopic (exact) mass is 226 g/mol. The van der Waals surface area contributed by atoms with Crippen LogP contribution in [0.2, 0.25) is 0 Å². The Balaban J connectivity index is 2.16. The smallest absolute Gasteiger partial charge is 0.305 e. The van der Waals surface area contributed by atoms with E-state index in [0.717, 1.165) is 31.6 Å². The van der Waals surface area contributed by atoms with Gasteiger partial charge < -0.3 is 4.74 Å². The summed E-state index contributed by atoms with van der Waals surface area (Å²) in [7, 11) is 0. The summed E-state index contributed by atoms with van der Waals surface area (Å²) in [6, 6.07) is 0. The van der Waals surface area contributed by atoms with Gasteiger partial charge in [-0.1, -0.05) is 40.0 Å². The third kappa shape index (κ3) is 3.50. The number of rotatable bonds is 8. The van der Waals surface area contributed by atoms with Gasteiger partial charge in [-0.05, 0) is 25.2 Å². The van der Waals surface area contributed by atoms with Crippen LogP contribution < -0.4 is 0 Å². The first-order valence-electron chi connectivity index (χ1n) is 6.84. The fraction of sp³-hybridized carbons (Fsp3) is 0.929. The van der Waals surface area contributed by atoms with E-state index in [2.05, 4.69) is 20.8 Å². The first-order valence-corrected chi connectivity index (χ1v) is 6.84. The second kappa shape index (κ2) is 6.27. The predicted molar refractivity (Wildman–Crippen MR) is 66.2 cm³/mol. The number of ether oxygens (including phenoxy) is 1. The molecular weight excluding hydrogens is 200 g/mol. The number of hydrogen-bond acceptors (Lipinski definition) is 2. The third-order valence-corrected chi connectivity index (χ3v) is 4.06. The normalized spacial score (nSPS) is 27.8. The Kier molecular flexibility index (Phi) is 5.30. The molecule has 0 aliphatic heterocycles. The predicted octanol–water partition coefficient (Wildman–Crippen LogP) is 3.94. The van der Waals surface area contributed by atoms with Gasteiger partial charge in [-0.15, -0.1) is 0 Å². The van der Waals surface area contributed by atoms with Crippen LogP contribution in [0.4, 0.5) is 0 Å². The summed E-state index contributed by atoms with van der Waals surface area (Å²) in [5.41, 5.74) is 0.342. The molecule has 0 aromatic carbocycles. The standard InChI is InChI=1S/C14H26O2/c1-4-7-8-9-13(15)16-11-14(6-3)10-12(14)5-2/h12H,4-11H2,1-3H3. The van der Waals surface area contributed by atoms with Crippen LogP contribution in [0.5, 0.6) is 0 Å². The van der Waals surface area contributed by atoms with Crippen LogP contribution in [0, 0.1) is 11.3 Å². The van der Waals surface area contributed by atoms with E-state index in [4.69, 9.17) is 4.74 Å². The summed E-state index contributed by atoms with van der Waals surface area (Å²) >= 11 is 0. The van der Waals surface area contributed by atoms with Crippen molar-refractivity contribution in [1.82, 2.24) is 0 Å². The molecule has 2 unspecified atom stereocenters. The van der Waals surface area contributed by atoms with Crippen molar-refractivity contribution in [3.8, 4) is 0 Å². The maximum Gasteiger partial charge on any atom is 0.305 e. The topological polar surface area (TPSA) is 26.3 Å². The van der Waals surface area contributed by atoms with Crippen LogP contribution in [-0.4, -0.2) is 12.6 Å². The average Bonchev–Trinajstić information content (AvgIpc) is 3.01. The molecule has 0 heterocycles. The Morgan fingerprint density at radius 2 is 2.06 bits per heavy atom. The van der Waals surface area contributed by atoms with E-state index in [1.165, 1.54) is 12.8 Å². The maximum absolute atomic E-state index is 11.5. The number of esters is 1. The zero-order valence-electron chi connectivity index (χ0n) is 11.1. The lowest BCUT2D eigenvalue weighted by atomic mass is 10.0. The SMILES string of the molecule is CCCCCC(=O)OCC1(CC)CC1CC. The molecule has 0 spiro atoms. The van der Waals surface area contributed by atoms with Crippen LogP contribution in [0.25, 0.3) is 0 Å². The maximum atomic E-state index is 11.5. The van der Waals surface area contributed by atoms with Crippen molar-refractivity contribution < 1.29 is 9.53 Å². The van der Waals surface area contributed by atoms with Gasteiger partial charge in [0.1, 0.15) is 0 Å². The molecule has 1 saturated carbocycles. The molecule has 0 bridgehead atoms. The van der Waals surface area contributed by atoms with Crippen molar-refractivity contribution in [3.05, 3.63) is 0 Å². The second-order valence-electron chi connectivity index (χ2n) is 5.14. The number of carbonyl (C=O) groups is 1. The number of carbonyl (C=O) groups excluding carboxylic acids is 1. The van der Waals surface area contributed by atoms with Gasteiger partial charge in [-0.3, -0.25) is 4.79 Å². The molecule has 1 rings (SSSR count). The molecular formula is C14H26O2. The highest BCUT2D eigenvalue weighted by Crippen LogP contribution is 2.56. The van der Waals surface area contributed by atoms with Crippen molar-refractivity contribution in [2.75, 3.05) is 6.61 Å². The van der Waals surface area contributed by atoms with Crippen LogP contribution in [0.3, 0.4) is 0 Å². The molecule has 1 fully saturated rings. The molecule has 0 aromatic heterocycles. The summed E-state index contributed by atoms with van der Waals surface area (Å²) in [5.74, 6) is 0.795. The molecule has 0 radical (unpaired) electrons. The van der Waals surface area contributed by atoms with Crippen LogP contribution in [-0.2, 0) is 9.53 Å². The molecule has 2 atom stereocenters. The first-order chi connectivity index (χ1) is 7.68. The van der Waals surface area contributed by atoms with Crippen LogP contribution >= 0.6 is 0 Å². The van der Waals surface area contributed by atoms with Crippen LogP contribution in [0.1, 0.15) is 65.7 Å². The summed E-state index contributed by atoms with van der Waals surface area (Å²) in [4.78, 5) is 11.5. The fourth-order valence-electron chi connectivity index (χ4n) is 2.54. The Morgan fingerprint density at radius 3 is 2.56 bits per heavy atom. The van der Waals surface area contributed by atoms with E-state index in [0.29, 0.717) is 18.4 Å². The van der Waals surface area contributed by atoms with Gasteiger partial charge in [-0.25, -0.2) is 0 Å². The Labute approximate surface area is 99.8 Å². The van der Waals surface area contributed by atoms with E-state index >= 15 is 0 Å².